The van der Waals surface area contributed by atoms with Gasteiger partial charge in [-0.2, -0.15) is 0 Å². The molecule has 1 aromatic heterocycles. The number of amides is 1. The number of hydrogen-bond acceptors (Lipinski definition) is 10. The maximum absolute atomic E-state index is 13.5. The highest BCUT2D eigenvalue weighted by atomic mass is 32.2. The molecular weight excluding hydrogens is 512 g/mol. The smallest absolute Gasteiger partial charge is 0.316 e. The number of sulfonamides is 1. The van der Waals surface area contributed by atoms with Crippen LogP contribution in [0, 0.1) is 6.92 Å². The molecule has 3 rings (SSSR count). The van der Waals surface area contributed by atoms with Crippen molar-refractivity contribution in [2.45, 2.75) is 23.1 Å². The van der Waals surface area contributed by atoms with Crippen LogP contribution in [0.15, 0.2) is 57.8 Å². The lowest BCUT2D eigenvalue weighted by atomic mass is 10.2. The van der Waals surface area contributed by atoms with Crippen molar-refractivity contribution in [2.24, 2.45) is 0 Å². The van der Waals surface area contributed by atoms with Crippen LogP contribution in [0.2, 0.25) is 0 Å². The summed E-state index contributed by atoms with van der Waals surface area (Å²) in [6, 6.07) is 12.8. The minimum absolute atomic E-state index is 0.0201. The lowest BCUT2D eigenvalue weighted by Gasteiger charge is -2.24. The molecule has 35 heavy (non-hydrogen) atoms. The van der Waals surface area contributed by atoms with Gasteiger partial charge in [0, 0.05) is 0 Å². The van der Waals surface area contributed by atoms with Gasteiger partial charge in [0.2, 0.25) is 11.0 Å². The number of methoxy groups -OCH3 is 1. The third kappa shape index (κ3) is 7.16. The van der Waals surface area contributed by atoms with Crippen molar-refractivity contribution >= 4 is 55.8 Å². The fraction of sp³-hybridized carbons (Fsp3) is 0.273. The van der Waals surface area contributed by atoms with Gasteiger partial charge in [-0.1, -0.05) is 40.8 Å². The van der Waals surface area contributed by atoms with E-state index in [-0.39, 0.29) is 15.8 Å². The predicted octanol–water partition coefficient (Wildman–Crippen LogP) is 3.34. The number of thioether (sulfide) groups is 1. The first-order valence-electron chi connectivity index (χ1n) is 10.4. The lowest BCUT2D eigenvalue weighted by molar-refractivity contribution is -0.137. The fourth-order valence-corrected chi connectivity index (χ4v) is 5.84. The second-order valence-corrected chi connectivity index (χ2v) is 11.1. The molecule has 1 heterocycles. The highest BCUT2D eigenvalue weighted by molar-refractivity contribution is 8.01. The Hall–Kier alpha value is -3.16. The standard InChI is InChI=1S/C22H24N4O6S3/c1-4-32-17-9-11-18(12-10-17)35(29,30)26(16-7-5-15(2)6-8-16)13-19(27)23-21-24-25-22(34-21)33-14-20(28)31-3/h5-12H,4,13-14H2,1-3H3,(H,23,24,27). The van der Waals surface area contributed by atoms with Crippen LogP contribution in [0.4, 0.5) is 10.8 Å². The zero-order chi connectivity index (χ0) is 25.4. The van der Waals surface area contributed by atoms with Crippen LogP contribution in [0.3, 0.4) is 0 Å². The second-order valence-electron chi connectivity index (χ2n) is 7.04. The number of carbonyl (C=O) groups is 2. The Morgan fingerprint density at radius 3 is 2.40 bits per heavy atom. The summed E-state index contributed by atoms with van der Waals surface area (Å²) in [5.74, 6) is -0.409. The summed E-state index contributed by atoms with van der Waals surface area (Å²) in [6.45, 7) is 3.69. The minimum atomic E-state index is -4.07. The molecule has 0 bridgehead atoms. The van der Waals surface area contributed by atoms with E-state index in [1.54, 1.807) is 36.4 Å². The van der Waals surface area contributed by atoms with Gasteiger partial charge in [-0.25, -0.2) is 8.42 Å². The van der Waals surface area contributed by atoms with Crippen molar-refractivity contribution in [3.05, 3.63) is 54.1 Å². The van der Waals surface area contributed by atoms with Crippen molar-refractivity contribution in [1.82, 2.24) is 10.2 Å². The number of esters is 1. The van der Waals surface area contributed by atoms with Gasteiger partial charge in [0.15, 0.2) is 4.34 Å². The Kier molecular flexibility index (Phi) is 9.07. The van der Waals surface area contributed by atoms with E-state index in [1.807, 2.05) is 13.8 Å². The van der Waals surface area contributed by atoms with E-state index >= 15 is 0 Å². The van der Waals surface area contributed by atoms with Gasteiger partial charge in [-0.3, -0.25) is 19.2 Å². The number of anilines is 2. The molecule has 1 amide bonds. The number of carbonyl (C=O) groups excluding carboxylic acids is 2. The maximum Gasteiger partial charge on any atom is 0.316 e. The summed E-state index contributed by atoms with van der Waals surface area (Å²) in [5, 5.41) is 10.5. The van der Waals surface area contributed by atoms with E-state index in [1.165, 1.54) is 19.2 Å². The third-order valence-electron chi connectivity index (χ3n) is 4.53. The quantitative estimate of drug-likeness (QED) is 0.223. The summed E-state index contributed by atoms with van der Waals surface area (Å²) < 4.78 is 38.4. The maximum atomic E-state index is 13.5. The molecule has 0 saturated heterocycles. The fourth-order valence-electron chi connectivity index (χ4n) is 2.82. The third-order valence-corrected chi connectivity index (χ3v) is 8.26. The SMILES string of the molecule is CCOc1ccc(S(=O)(=O)N(CC(=O)Nc2nnc(SCC(=O)OC)s2)c2ccc(C)cc2)cc1. The van der Waals surface area contributed by atoms with Crippen molar-refractivity contribution < 1.29 is 27.5 Å². The normalized spacial score (nSPS) is 11.1. The Morgan fingerprint density at radius 2 is 1.77 bits per heavy atom. The molecule has 10 nitrogen and oxygen atoms in total. The largest absolute Gasteiger partial charge is 0.494 e. The van der Waals surface area contributed by atoms with Gasteiger partial charge < -0.3 is 9.47 Å². The van der Waals surface area contributed by atoms with E-state index in [2.05, 4.69) is 20.3 Å². The van der Waals surface area contributed by atoms with Crippen LogP contribution in [0.25, 0.3) is 0 Å². The molecule has 1 N–H and O–H groups in total. The van der Waals surface area contributed by atoms with Crippen molar-refractivity contribution in [3.63, 3.8) is 0 Å². The Morgan fingerprint density at radius 1 is 1.09 bits per heavy atom. The summed E-state index contributed by atoms with van der Waals surface area (Å²) in [5.41, 5.74) is 1.29. The second kappa shape index (κ2) is 12.0. The highest BCUT2D eigenvalue weighted by Crippen LogP contribution is 2.27. The molecule has 0 unspecified atom stereocenters. The molecule has 13 heteroatoms. The summed E-state index contributed by atoms with van der Waals surface area (Å²) in [6.07, 6.45) is 0. The molecule has 0 atom stereocenters. The number of hydrogen-bond donors (Lipinski definition) is 1. The van der Waals surface area contributed by atoms with Crippen molar-refractivity contribution in [3.8, 4) is 5.75 Å². The van der Waals surface area contributed by atoms with Gasteiger partial charge in [0.1, 0.15) is 12.3 Å². The molecule has 0 aliphatic heterocycles. The Balaban J connectivity index is 1.80. The van der Waals surface area contributed by atoms with Gasteiger partial charge in [-0.05, 0) is 50.2 Å². The highest BCUT2D eigenvalue weighted by Gasteiger charge is 2.27. The zero-order valence-corrected chi connectivity index (χ0v) is 21.7. The number of nitrogens with zero attached hydrogens (tertiary/aromatic N) is 3. The van der Waals surface area contributed by atoms with Crippen molar-refractivity contribution in [1.29, 1.82) is 0 Å². The monoisotopic (exact) mass is 536 g/mol. The van der Waals surface area contributed by atoms with Crippen LogP contribution < -0.4 is 14.4 Å². The van der Waals surface area contributed by atoms with Crippen LogP contribution in [-0.4, -0.2) is 56.5 Å². The predicted molar refractivity (Wildman–Crippen MR) is 135 cm³/mol. The van der Waals surface area contributed by atoms with E-state index in [9.17, 15) is 18.0 Å². The van der Waals surface area contributed by atoms with Crippen LogP contribution in [0.1, 0.15) is 12.5 Å². The number of aromatic nitrogens is 2. The van der Waals surface area contributed by atoms with E-state index < -0.39 is 28.4 Å². The molecule has 186 valence electrons. The van der Waals surface area contributed by atoms with Crippen LogP contribution in [-0.2, 0) is 24.3 Å². The van der Waals surface area contributed by atoms with Crippen molar-refractivity contribution in [2.75, 3.05) is 35.6 Å². The van der Waals surface area contributed by atoms with E-state index in [0.717, 1.165) is 33.0 Å². The molecule has 3 aromatic rings. The summed E-state index contributed by atoms with van der Waals surface area (Å²) in [7, 11) is -2.79. The molecule has 0 aliphatic rings. The number of nitrogens with one attached hydrogen (secondary N) is 1. The van der Waals surface area contributed by atoms with E-state index in [4.69, 9.17) is 4.74 Å². The van der Waals surface area contributed by atoms with Gasteiger partial charge in [0.05, 0.1) is 30.1 Å². The molecule has 2 aromatic carbocycles. The molecule has 0 spiro atoms. The van der Waals surface area contributed by atoms with Gasteiger partial charge >= 0.3 is 5.97 Å². The first-order valence-corrected chi connectivity index (χ1v) is 13.6. The molecule has 0 radical (unpaired) electrons. The summed E-state index contributed by atoms with van der Waals surface area (Å²) in [4.78, 5) is 24.1. The Bertz CT molecular complexity index is 1260. The first-order chi connectivity index (χ1) is 16.7. The molecule has 0 aliphatic carbocycles. The average Bonchev–Trinajstić information content (AvgIpc) is 3.29. The average molecular weight is 537 g/mol. The summed E-state index contributed by atoms with van der Waals surface area (Å²) >= 11 is 2.19. The van der Waals surface area contributed by atoms with Crippen LogP contribution in [0.5, 0.6) is 5.75 Å². The first kappa shape index (κ1) is 26.4. The Labute approximate surface area is 211 Å². The number of benzene rings is 2. The molecule has 0 fully saturated rings. The van der Waals surface area contributed by atoms with Gasteiger partial charge in [0.25, 0.3) is 10.0 Å². The number of ether oxygens (including phenoxy) is 2. The molecular formula is C22H24N4O6S3. The topological polar surface area (TPSA) is 128 Å². The number of aryl methyl sites for hydroxylation is 1. The van der Waals surface area contributed by atoms with Gasteiger partial charge in [-0.15, -0.1) is 10.2 Å². The molecule has 0 saturated carbocycles. The van der Waals surface area contributed by atoms with Crippen LogP contribution >= 0.6 is 23.1 Å². The van der Waals surface area contributed by atoms with E-state index in [0.29, 0.717) is 22.4 Å². The lowest BCUT2D eigenvalue weighted by Crippen LogP contribution is -2.38. The number of rotatable bonds is 11. The minimum Gasteiger partial charge on any atom is -0.494 e. The zero-order valence-electron chi connectivity index (χ0n) is 19.3.